The molecule has 2 saturated heterocycles. The van der Waals surface area contributed by atoms with Crippen molar-refractivity contribution in [2.75, 3.05) is 19.6 Å². The summed E-state index contributed by atoms with van der Waals surface area (Å²) in [4.78, 5) is 26.1. The Bertz CT molecular complexity index is 563. The van der Waals surface area contributed by atoms with Crippen LogP contribution in [0.25, 0.3) is 0 Å². The summed E-state index contributed by atoms with van der Waals surface area (Å²) in [6, 6.07) is 0.559. The van der Waals surface area contributed by atoms with Crippen molar-refractivity contribution in [1.29, 1.82) is 0 Å². The fraction of sp³-hybridized carbons (Fsp3) is 0.789. The standard InChI is InChI=1S/C17H28N2O.C2HF3O2/c1-3-11-19-16(20)8-10-17(19)9-5-12-18(15(17)4-2)13-14-6-7-14;3-2(4,5)1(6)7/h3,14-15H,1,4-13H2,2H3;(H,6,7)/t15-,17-;/m0./s1. The van der Waals surface area contributed by atoms with Crippen LogP contribution in [0.3, 0.4) is 0 Å². The number of nitrogens with zero attached hydrogens (tertiary/aromatic N) is 2. The SMILES string of the molecule is C=CCN1C(=O)CC[C@]12CCCN(CC1CC1)[C@H]2CC.O=C(O)C(F)(F)F. The van der Waals surface area contributed by atoms with Crippen molar-refractivity contribution >= 4 is 11.9 Å². The Morgan fingerprint density at radius 1 is 1.37 bits per heavy atom. The number of aliphatic carboxylic acids is 1. The highest BCUT2D eigenvalue weighted by atomic mass is 19.4. The predicted molar refractivity (Wildman–Crippen MR) is 95.2 cm³/mol. The summed E-state index contributed by atoms with van der Waals surface area (Å²) in [5.74, 6) is -1.48. The fourth-order valence-electron chi connectivity index (χ4n) is 4.60. The number of carbonyl (C=O) groups excluding carboxylic acids is 1. The first-order valence-electron chi connectivity index (χ1n) is 9.61. The van der Waals surface area contributed by atoms with Crippen LogP contribution < -0.4 is 0 Å². The van der Waals surface area contributed by atoms with Gasteiger partial charge in [-0.05, 0) is 51.0 Å². The summed E-state index contributed by atoms with van der Waals surface area (Å²) in [5.41, 5.74) is 0.104. The molecule has 0 unspecified atom stereocenters. The van der Waals surface area contributed by atoms with Gasteiger partial charge in [-0.1, -0.05) is 13.0 Å². The average molecular weight is 390 g/mol. The molecule has 3 aliphatic rings. The maximum Gasteiger partial charge on any atom is 0.490 e. The molecule has 5 nitrogen and oxygen atoms in total. The van der Waals surface area contributed by atoms with Gasteiger partial charge in [-0.15, -0.1) is 6.58 Å². The monoisotopic (exact) mass is 390 g/mol. The van der Waals surface area contributed by atoms with E-state index in [9.17, 15) is 18.0 Å². The van der Waals surface area contributed by atoms with Gasteiger partial charge >= 0.3 is 12.1 Å². The van der Waals surface area contributed by atoms with Crippen LogP contribution >= 0.6 is 0 Å². The van der Waals surface area contributed by atoms with Crippen LogP contribution in [-0.2, 0) is 9.59 Å². The average Bonchev–Trinajstić information content (AvgIpc) is 3.36. The minimum atomic E-state index is -5.08. The third kappa shape index (κ3) is 5.03. The minimum Gasteiger partial charge on any atom is -0.475 e. The predicted octanol–water partition coefficient (Wildman–Crippen LogP) is 3.45. The molecule has 0 aromatic heterocycles. The van der Waals surface area contributed by atoms with Crippen LogP contribution in [0.1, 0.15) is 51.9 Å². The molecule has 3 fully saturated rings. The number of piperidine rings is 1. The summed E-state index contributed by atoms with van der Waals surface area (Å²) in [5, 5.41) is 7.12. The van der Waals surface area contributed by atoms with Crippen molar-refractivity contribution in [3.8, 4) is 0 Å². The Balaban J connectivity index is 0.000000321. The van der Waals surface area contributed by atoms with Gasteiger partial charge in [0.2, 0.25) is 5.91 Å². The molecular weight excluding hydrogens is 361 g/mol. The molecule has 2 atom stereocenters. The molecule has 0 aromatic rings. The number of hydrogen-bond acceptors (Lipinski definition) is 3. The Labute approximate surface area is 158 Å². The number of rotatable bonds is 5. The zero-order valence-corrected chi connectivity index (χ0v) is 15.8. The summed E-state index contributed by atoms with van der Waals surface area (Å²) in [7, 11) is 0. The summed E-state index contributed by atoms with van der Waals surface area (Å²) < 4.78 is 31.7. The first kappa shape index (κ1) is 21.7. The number of amides is 1. The lowest BCUT2D eigenvalue weighted by molar-refractivity contribution is -0.192. The molecule has 1 N–H and O–H groups in total. The lowest BCUT2D eigenvalue weighted by Gasteiger charge is -2.52. The maximum atomic E-state index is 12.3. The van der Waals surface area contributed by atoms with E-state index in [-0.39, 0.29) is 5.54 Å². The number of carboxylic acids is 1. The minimum absolute atomic E-state index is 0.104. The normalized spacial score (nSPS) is 28.8. The highest BCUT2D eigenvalue weighted by molar-refractivity contribution is 5.80. The largest absolute Gasteiger partial charge is 0.490 e. The lowest BCUT2D eigenvalue weighted by atomic mass is 9.77. The second-order valence-corrected chi connectivity index (χ2v) is 7.67. The first-order chi connectivity index (χ1) is 12.7. The Hall–Kier alpha value is -1.57. The molecule has 1 amide bonds. The van der Waals surface area contributed by atoms with Crippen LogP contribution in [0.15, 0.2) is 12.7 Å². The molecule has 2 heterocycles. The number of hydrogen-bond donors (Lipinski definition) is 1. The number of halogens is 3. The quantitative estimate of drug-likeness (QED) is 0.731. The van der Waals surface area contributed by atoms with Crippen LogP contribution in [0.4, 0.5) is 13.2 Å². The highest BCUT2D eigenvalue weighted by Gasteiger charge is 2.52. The van der Waals surface area contributed by atoms with Crippen molar-refractivity contribution in [3.05, 3.63) is 12.7 Å². The van der Waals surface area contributed by atoms with Crippen molar-refractivity contribution < 1.29 is 27.9 Å². The van der Waals surface area contributed by atoms with Gasteiger partial charge in [0.1, 0.15) is 0 Å². The van der Waals surface area contributed by atoms with Gasteiger partial charge in [0.25, 0.3) is 0 Å². The zero-order chi connectivity index (χ0) is 20.2. The highest BCUT2D eigenvalue weighted by Crippen LogP contribution is 2.44. The molecule has 0 aromatic carbocycles. The molecule has 1 aliphatic carbocycles. The molecule has 1 spiro atoms. The van der Waals surface area contributed by atoms with Crippen molar-refractivity contribution in [3.63, 3.8) is 0 Å². The molecule has 0 bridgehead atoms. The number of carboxylic acid groups (broad SMARTS) is 1. The topological polar surface area (TPSA) is 60.9 Å². The molecule has 2 aliphatic heterocycles. The molecule has 0 radical (unpaired) electrons. The third-order valence-corrected chi connectivity index (χ3v) is 5.86. The van der Waals surface area contributed by atoms with E-state index in [0.29, 0.717) is 11.9 Å². The summed E-state index contributed by atoms with van der Waals surface area (Å²) in [6.45, 7) is 9.37. The van der Waals surface area contributed by atoms with Crippen LogP contribution in [0.2, 0.25) is 0 Å². The van der Waals surface area contributed by atoms with E-state index in [1.54, 1.807) is 0 Å². The van der Waals surface area contributed by atoms with E-state index in [4.69, 9.17) is 9.90 Å². The summed E-state index contributed by atoms with van der Waals surface area (Å²) in [6.07, 6.45) is 5.02. The van der Waals surface area contributed by atoms with Crippen LogP contribution in [-0.4, -0.2) is 64.2 Å². The van der Waals surface area contributed by atoms with Crippen LogP contribution in [0.5, 0.6) is 0 Å². The molecular formula is C19H29F3N2O3. The van der Waals surface area contributed by atoms with Gasteiger partial charge < -0.3 is 10.0 Å². The zero-order valence-electron chi connectivity index (χ0n) is 15.8. The van der Waals surface area contributed by atoms with Gasteiger partial charge in [0, 0.05) is 25.6 Å². The smallest absolute Gasteiger partial charge is 0.475 e. The van der Waals surface area contributed by atoms with E-state index in [1.165, 1.54) is 38.8 Å². The Kier molecular flexibility index (Phi) is 6.94. The lowest BCUT2D eigenvalue weighted by Crippen LogP contribution is -2.63. The van der Waals surface area contributed by atoms with Crippen molar-refractivity contribution in [1.82, 2.24) is 9.80 Å². The van der Waals surface area contributed by atoms with Crippen molar-refractivity contribution in [2.45, 2.75) is 69.6 Å². The number of carbonyl (C=O) groups is 2. The van der Waals surface area contributed by atoms with Gasteiger partial charge in [0.05, 0.1) is 5.54 Å². The van der Waals surface area contributed by atoms with Gasteiger partial charge in [-0.2, -0.15) is 13.2 Å². The molecule has 1 saturated carbocycles. The molecule has 8 heteroatoms. The van der Waals surface area contributed by atoms with Gasteiger partial charge in [-0.25, -0.2) is 4.79 Å². The third-order valence-electron chi connectivity index (χ3n) is 5.86. The van der Waals surface area contributed by atoms with Crippen LogP contribution in [0, 0.1) is 5.92 Å². The second-order valence-electron chi connectivity index (χ2n) is 7.67. The number of likely N-dealkylation sites (tertiary alicyclic amines) is 2. The Morgan fingerprint density at radius 2 is 2.00 bits per heavy atom. The molecule has 3 rings (SSSR count). The number of alkyl halides is 3. The molecule has 27 heavy (non-hydrogen) atoms. The Morgan fingerprint density at radius 3 is 2.48 bits per heavy atom. The first-order valence-corrected chi connectivity index (χ1v) is 9.61. The van der Waals surface area contributed by atoms with E-state index >= 15 is 0 Å². The maximum absolute atomic E-state index is 12.3. The van der Waals surface area contributed by atoms with E-state index in [0.717, 1.165) is 31.7 Å². The summed E-state index contributed by atoms with van der Waals surface area (Å²) >= 11 is 0. The van der Waals surface area contributed by atoms with Crippen molar-refractivity contribution in [2.24, 2.45) is 5.92 Å². The van der Waals surface area contributed by atoms with Gasteiger partial charge in [-0.3, -0.25) is 9.69 Å². The van der Waals surface area contributed by atoms with E-state index in [2.05, 4.69) is 23.3 Å². The molecule has 154 valence electrons. The van der Waals surface area contributed by atoms with E-state index in [1.807, 2.05) is 6.08 Å². The second kappa shape index (κ2) is 8.63. The van der Waals surface area contributed by atoms with Gasteiger partial charge in [0.15, 0.2) is 0 Å². The van der Waals surface area contributed by atoms with E-state index < -0.39 is 12.1 Å². The fourth-order valence-corrected chi connectivity index (χ4v) is 4.60.